The third-order valence-electron chi connectivity index (χ3n) is 6.98. The summed E-state index contributed by atoms with van der Waals surface area (Å²) >= 11 is 0. The number of carbonyl (C=O) groups is 2. The highest BCUT2D eigenvalue weighted by atomic mass is 19.1. The minimum absolute atomic E-state index is 0.0305. The summed E-state index contributed by atoms with van der Waals surface area (Å²) in [6.07, 6.45) is 5.62. The summed E-state index contributed by atoms with van der Waals surface area (Å²) in [7, 11) is 3.71. The molecule has 6 nitrogen and oxygen atoms in total. The normalized spacial score (nSPS) is 19.3. The van der Waals surface area contributed by atoms with Gasteiger partial charge in [-0.2, -0.15) is 0 Å². The standard InChI is InChI=1S/C24H32FN3O3/c1-27(15-23(29)26-10-9-25)24(30)18-4-6-22-20(14-18)19-13-17(3-5-21(19)28(22)2)16-7-11-31-12-8-16/h4,6,14,16-17H,3,5,7-13,15H2,1-2H3,(H,26,29). The highest BCUT2D eigenvalue weighted by molar-refractivity contribution is 6.00. The van der Waals surface area contributed by atoms with Crippen LogP contribution in [-0.2, 0) is 29.4 Å². The van der Waals surface area contributed by atoms with Crippen LogP contribution in [0.4, 0.5) is 4.39 Å². The van der Waals surface area contributed by atoms with Gasteiger partial charge in [-0.15, -0.1) is 0 Å². The van der Waals surface area contributed by atoms with Crippen LogP contribution in [0.25, 0.3) is 10.9 Å². The topological polar surface area (TPSA) is 63.6 Å². The second-order valence-electron chi connectivity index (χ2n) is 8.87. The molecule has 2 aromatic rings. The Labute approximate surface area is 182 Å². The van der Waals surface area contributed by atoms with E-state index < -0.39 is 6.67 Å². The third-order valence-corrected chi connectivity index (χ3v) is 6.98. The lowest BCUT2D eigenvalue weighted by Gasteiger charge is -2.33. The van der Waals surface area contributed by atoms with E-state index in [1.807, 2.05) is 18.2 Å². The van der Waals surface area contributed by atoms with Crippen molar-refractivity contribution in [1.29, 1.82) is 0 Å². The summed E-state index contributed by atoms with van der Waals surface area (Å²) in [5.41, 5.74) is 4.48. The number of ether oxygens (including phenoxy) is 1. The van der Waals surface area contributed by atoms with Crippen molar-refractivity contribution >= 4 is 22.7 Å². The SMILES string of the molecule is CN(CC(=O)NCCF)C(=O)c1ccc2c(c1)c1c(n2C)CCC(C2CCOCC2)C1. The van der Waals surface area contributed by atoms with Crippen molar-refractivity contribution in [2.24, 2.45) is 18.9 Å². The predicted molar refractivity (Wildman–Crippen MR) is 118 cm³/mol. The van der Waals surface area contributed by atoms with Crippen LogP contribution < -0.4 is 5.32 Å². The number of aromatic nitrogens is 1. The number of nitrogens with one attached hydrogen (secondary N) is 1. The number of hydrogen-bond acceptors (Lipinski definition) is 3. The zero-order valence-electron chi connectivity index (χ0n) is 18.5. The number of carbonyl (C=O) groups excluding carboxylic acids is 2. The molecule has 1 atom stereocenters. The van der Waals surface area contributed by atoms with Crippen LogP contribution in [-0.4, -0.2) is 61.3 Å². The monoisotopic (exact) mass is 429 g/mol. The summed E-state index contributed by atoms with van der Waals surface area (Å²) in [5.74, 6) is 0.830. The zero-order valence-corrected chi connectivity index (χ0v) is 18.5. The van der Waals surface area contributed by atoms with E-state index in [1.54, 1.807) is 7.05 Å². The van der Waals surface area contributed by atoms with Crippen LogP contribution in [0.15, 0.2) is 18.2 Å². The molecule has 168 valence electrons. The average molecular weight is 430 g/mol. The molecule has 0 bridgehead atoms. The van der Waals surface area contributed by atoms with Gasteiger partial charge in [-0.3, -0.25) is 9.59 Å². The number of halogens is 1. The van der Waals surface area contributed by atoms with Crippen molar-refractivity contribution in [3.8, 4) is 0 Å². The van der Waals surface area contributed by atoms with Crippen LogP contribution in [0.2, 0.25) is 0 Å². The van der Waals surface area contributed by atoms with Gasteiger partial charge in [0, 0.05) is 56.0 Å². The summed E-state index contributed by atoms with van der Waals surface area (Å²) in [4.78, 5) is 26.2. The van der Waals surface area contributed by atoms with Crippen molar-refractivity contribution in [1.82, 2.24) is 14.8 Å². The van der Waals surface area contributed by atoms with Crippen LogP contribution >= 0.6 is 0 Å². The minimum atomic E-state index is -0.617. The van der Waals surface area contributed by atoms with Crippen molar-refractivity contribution in [2.45, 2.75) is 32.1 Å². The first-order chi connectivity index (χ1) is 15.0. The van der Waals surface area contributed by atoms with E-state index in [0.29, 0.717) is 11.5 Å². The number of amides is 2. The Balaban J connectivity index is 1.56. The first-order valence-electron chi connectivity index (χ1n) is 11.3. The molecule has 1 saturated heterocycles. The highest BCUT2D eigenvalue weighted by Crippen LogP contribution is 2.39. The first-order valence-corrected chi connectivity index (χ1v) is 11.3. The van der Waals surface area contributed by atoms with Gasteiger partial charge in [0.2, 0.25) is 5.91 Å². The number of rotatable bonds is 6. The second kappa shape index (κ2) is 9.39. The van der Waals surface area contributed by atoms with Gasteiger partial charge >= 0.3 is 0 Å². The molecule has 1 N–H and O–H groups in total. The van der Waals surface area contributed by atoms with E-state index in [-0.39, 0.29) is 24.9 Å². The average Bonchev–Trinajstić information content (AvgIpc) is 3.08. The Bertz CT molecular complexity index is 965. The fourth-order valence-corrected chi connectivity index (χ4v) is 5.28. The molecule has 2 amide bonds. The summed E-state index contributed by atoms with van der Waals surface area (Å²) in [6.45, 7) is 1.00. The molecular formula is C24H32FN3O3. The fourth-order valence-electron chi connectivity index (χ4n) is 5.28. The molecule has 1 aliphatic heterocycles. The molecule has 2 aliphatic rings. The van der Waals surface area contributed by atoms with Crippen molar-refractivity contribution in [2.75, 3.05) is 40.0 Å². The minimum Gasteiger partial charge on any atom is -0.381 e. The molecule has 1 aromatic carbocycles. The Hall–Kier alpha value is -2.41. The molecule has 1 fully saturated rings. The highest BCUT2D eigenvalue weighted by Gasteiger charge is 2.31. The Morgan fingerprint density at radius 2 is 2.00 bits per heavy atom. The molecule has 1 aromatic heterocycles. The molecular weight excluding hydrogens is 397 g/mol. The van der Waals surface area contributed by atoms with Gasteiger partial charge in [-0.05, 0) is 67.7 Å². The number of likely N-dealkylation sites (N-methyl/N-ethyl adjacent to an activating group) is 1. The number of fused-ring (bicyclic) bond motifs is 3. The molecule has 0 spiro atoms. The number of hydrogen-bond donors (Lipinski definition) is 1. The number of aryl methyl sites for hydroxylation is 1. The number of alkyl halides is 1. The number of nitrogens with zero attached hydrogens (tertiary/aromatic N) is 2. The summed E-state index contributed by atoms with van der Waals surface area (Å²) < 4.78 is 20.1. The van der Waals surface area contributed by atoms with Gasteiger partial charge in [-0.25, -0.2) is 4.39 Å². The van der Waals surface area contributed by atoms with Crippen molar-refractivity contribution in [3.63, 3.8) is 0 Å². The first kappa shape index (κ1) is 21.8. The Kier molecular flexibility index (Phi) is 6.60. The van der Waals surface area contributed by atoms with Crippen LogP contribution in [0, 0.1) is 11.8 Å². The predicted octanol–water partition coefficient (Wildman–Crippen LogP) is 2.87. The lowest BCUT2D eigenvalue weighted by Crippen LogP contribution is -2.39. The van der Waals surface area contributed by atoms with E-state index in [1.165, 1.54) is 22.6 Å². The van der Waals surface area contributed by atoms with Crippen molar-refractivity contribution < 1.29 is 18.7 Å². The van der Waals surface area contributed by atoms with E-state index in [9.17, 15) is 14.0 Å². The van der Waals surface area contributed by atoms with E-state index in [0.717, 1.165) is 55.7 Å². The third kappa shape index (κ3) is 4.47. The smallest absolute Gasteiger partial charge is 0.254 e. The van der Waals surface area contributed by atoms with Gasteiger partial charge in [0.05, 0.1) is 6.54 Å². The quantitative estimate of drug-likeness (QED) is 0.768. The molecule has 7 heteroatoms. The lowest BCUT2D eigenvalue weighted by molar-refractivity contribution is -0.121. The molecule has 1 aliphatic carbocycles. The molecule has 4 rings (SSSR count). The number of benzene rings is 1. The molecule has 0 saturated carbocycles. The Morgan fingerprint density at radius 1 is 1.23 bits per heavy atom. The van der Waals surface area contributed by atoms with Crippen molar-refractivity contribution in [3.05, 3.63) is 35.0 Å². The summed E-state index contributed by atoms with van der Waals surface area (Å²) in [6, 6.07) is 5.84. The van der Waals surface area contributed by atoms with Gasteiger partial charge in [0.25, 0.3) is 5.91 Å². The lowest BCUT2D eigenvalue weighted by atomic mass is 9.75. The maximum Gasteiger partial charge on any atom is 0.254 e. The second-order valence-corrected chi connectivity index (χ2v) is 8.87. The molecule has 0 radical (unpaired) electrons. The van der Waals surface area contributed by atoms with Crippen LogP contribution in [0.3, 0.4) is 0 Å². The maximum absolute atomic E-state index is 12.9. The molecule has 31 heavy (non-hydrogen) atoms. The van der Waals surface area contributed by atoms with E-state index in [2.05, 4.69) is 16.9 Å². The summed E-state index contributed by atoms with van der Waals surface area (Å²) in [5, 5.41) is 3.61. The maximum atomic E-state index is 12.9. The molecule has 1 unspecified atom stereocenters. The van der Waals surface area contributed by atoms with E-state index >= 15 is 0 Å². The van der Waals surface area contributed by atoms with Gasteiger partial charge in [-0.1, -0.05) is 0 Å². The molecule has 2 heterocycles. The fraction of sp³-hybridized carbons (Fsp3) is 0.583. The Morgan fingerprint density at radius 3 is 2.74 bits per heavy atom. The van der Waals surface area contributed by atoms with E-state index in [4.69, 9.17) is 4.74 Å². The largest absolute Gasteiger partial charge is 0.381 e. The van der Waals surface area contributed by atoms with Gasteiger partial charge < -0.3 is 19.5 Å². The zero-order chi connectivity index (χ0) is 22.0. The van der Waals surface area contributed by atoms with Crippen LogP contribution in [0.5, 0.6) is 0 Å². The van der Waals surface area contributed by atoms with Crippen LogP contribution in [0.1, 0.15) is 40.9 Å². The van der Waals surface area contributed by atoms with Gasteiger partial charge in [0.1, 0.15) is 6.67 Å². The van der Waals surface area contributed by atoms with Gasteiger partial charge in [0.15, 0.2) is 0 Å².